The van der Waals surface area contributed by atoms with Crippen LogP contribution in [-0.2, 0) is 71.2 Å². The molecule has 4 unspecified atom stereocenters. The summed E-state index contributed by atoms with van der Waals surface area (Å²) in [6, 6.07) is 17.6. The van der Waals surface area contributed by atoms with E-state index in [2.05, 4.69) is 44.1 Å². The van der Waals surface area contributed by atoms with E-state index in [1.165, 1.54) is 11.1 Å². The average molecular weight is 941 g/mol. The summed E-state index contributed by atoms with van der Waals surface area (Å²) in [5.74, 6) is 6.15. The first kappa shape index (κ1) is 51.5. The van der Waals surface area contributed by atoms with E-state index >= 15 is 0 Å². The number of carbonyl (C=O) groups excluding carboxylic acids is 2. The summed E-state index contributed by atoms with van der Waals surface area (Å²) in [5.41, 5.74) is 8.81. The molecule has 0 saturated carbocycles. The normalized spacial score (nSPS) is 19.4. The number of methoxy groups -OCH3 is 5. The molecule has 2 aliphatic rings. The zero-order chi connectivity index (χ0) is 49.0. The van der Waals surface area contributed by atoms with E-state index < -0.39 is 11.9 Å². The molecular formula is C53H68N2O13+2. The molecule has 0 spiro atoms. The average Bonchev–Trinajstić information content (AvgIpc) is 3.36. The van der Waals surface area contributed by atoms with E-state index in [1.54, 1.807) is 35.5 Å². The molecule has 0 aliphatic carbocycles. The van der Waals surface area contributed by atoms with Crippen LogP contribution >= 0.6 is 0 Å². The molecule has 4 atom stereocenters. The second-order valence-corrected chi connectivity index (χ2v) is 18.0. The Hall–Kier alpha value is -5.86. The van der Waals surface area contributed by atoms with Crippen molar-refractivity contribution >= 4 is 11.9 Å². The SMILES string of the molecule is COc1ccc(CC2c3cc(OC)c(OC)cc3CC[N+]2(C)CCCOC(=O)C#CC(=O)OCCC[N+]2(C)CCc3cc(CO)c(CO)c(OC)c3C2Cc2ccc(CO)c(CO)c2)cc1OC. The second kappa shape index (κ2) is 23.4. The Morgan fingerprint density at radius 3 is 1.68 bits per heavy atom. The van der Waals surface area contributed by atoms with Crippen LogP contribution in [0.4, 0.5) is 0 Å². The van der Waals surface area contributed by atoms with E-state index in [1.807, 2.05) is 36.4 Å². The highest BCUT2D eigenvalue weighted by Gasteiger charge is 2.43. The third-order valence-electron chi connectivity index (χ3n) is 14.0. The number of benzene rings is 4. The molecule has 2 aliphatic heterocycles. The highest BCUT2D eigenvalue weighted by Crippen LogP contribution is 2.46. The van der Waals surface area contributed by atoms with Crippen molar-refractivity contribution in [1.82, 2.24) is 0 Å². The van der Waals surface area contributed by atoms with Crippen LogP contribution in [0.1, 0.15) is 80.6 Å². The lowest BCUT2D eigenvalue weighted by Gasteiger charge is -2.46. The molecule has 2 heterocycles. The van der Waals surface area contributed by atoms with Gasteiger partial charge in [-0.05, 0) is 63.2 Å². The molecule has 15 nitrogen and oxygen atoms in total. The van der Waals surface area contributed by atoms with Crippen molar-refractivity contribution in [2.45, 2.75) is 77.0 Å². The fourth-order valence-electron chi connectivity index (χ4n) is 10.2. The monoisotopic (exact) mass is 940 g/mol. The molecule has 0 fully saturated rings. The van der Waals surface area contributed by atoms with Crippen LogP contribution in [0, 0.1) is 11.8 Å². The quantitative estimate of drug-likeness (QED) is 0.0294. The molecule has 68 heavy (non-hydrogen) atoms. The first-order chi connectivity index (χ1) is 32.8. The zero-order valence-corrected chi connectivity index (χ0v) is 40.5. The van der Waals surface area contributed by atoms with Crippen LogP contribution in [-0.4, -0.2) is 130 Å². The van der Waals surface area contributed by atoms with Crippen LogP contribution in [0.25, 0.3) is 0 Å². The standard InChI is InChI=1S/C53H68N2O13/c1-54(20-16-37-29-48(64-5)49(65-6)30-42(37)44(54)25-36-11-13-46(62-3)47(27-36)63-4)18-8-22-67-50(60)14-15-51(61)68-23-9-19-55(2)21-17-38-28-41(33-58)43(34-59)53(66-7)52(38)45(55)26-35-10-12-39(31-56)40(24-35)32-57/h10-13,24,27-30,44-45,56-59H,8-9,16-23,25-26,31-34H2,1-7H3/q+2. The number of aliphatic hydroxyl groups excluding tert-OH is 4. The Kier molecular flexibility index (Phi) is 17.8. The van der Waals surface area contributed by atoms with Crippen molar-refractivity contribution in [3.63, 3.8) is 0 Å². The molecule has 0 saturated heterocycles. The number of ether oxygens (including phenoxy) is 7. The molecular weight excluding hydrogens is 873 g/mol. The largest absolute Gasteiger partial charge is 0.496 e. The summed E-state index contributed by atoms with van der Waals surface area (Å²) in [4.78, 5) is 25.5. The summed E-state index contributed by atoms with van der Waals surface area (Å²) in [7, 11) is 12.4. The van der Waals surface area contributed by atoms with E-state index in [-0.39, 0.29) is 51.7 Å². The van der Waals surface area contributed by atoms with Gasteiger partial charge in [-0.1, -0.05) is 30.3 Å². The number of quaternary nitrogens is 2. The summed E-state index contributed by atoms with van der Waals surface area (Å²) in [6.07, 6.45) is 3.82. The Morgan fingerprint density at radius 2 is 1.10 bits per heavy atom. The number of hydrogen-bond acceptors (Lipinski definition) is 13. The summed E-state index contributed by atoms with van der Waals surface area (Å²) in [5, 5.41) is 40.4. The Bertz CT molecular complexity index is 2480. The molecule has 4 aromatic rings. The van der Waals surface area contributed by atoms with Gasteiger partial charge >= 0.3 is 11.9 Å². The van der Waals surface area contributed by atoms with Gasteiger partial charge in [-0.2, -0.15) is 0 Å². The van der Waals surface area contributed by atoms with Gasteiger partial charge in [0.25, 0.3) is 0 Å². The van der Waals surface area contributed by atoms with Crippen LogP contribution in [0.15, 0.2) is 54.6 Å². The van der Waals surface area contributed by atoms with Crippen molar-refractivity contribution in [1.29, 1.82) is 0 Å². The smallest absolute Gasteiger partial charge is 0.384 e. The maximum atomic E-state index is 12.8. The molecule has 0 amide bonds. The Balaban J connectivity index is 1.07. The van der Waals surface area contributed by atoms with Gasteiger partial charge in [-0.3, -0.25) is 0 Å². The highest BCUT2D eigenvalue weighted by atomic mass is 16.5. The van der Waals surface area contributed by atoms with E-state index in [0.717, 1.165) is 41.8 Å². The van der Waals surface area contributed by atoms with Crippen molar-refractivity contribution in [2.75, 3.05) is 89.0 Å². The third-order valence-corrected chi connectivity index (χ3v) is 14.0. The number of fused-ring (bicyclic) bond motifs is 2. The van der Waals surface area contributed by atoms with Crippen molar-refractivity contribution < 1.29 is 72.1 Å². The number of aliphatic hydroxyl groups is 4. The molecule has 0 bridgehead atoms. The van der Waals surface area contributed by atoms with Crippen LogP contribution in [0.5, 0.6) is 28.7 Å². The van der Waals surface area contributed by atoms with Gasteiger partial charge in [0.15, 0.2) is 23.0 Å². The molecule has 4 aromatic carbocycles. The van der Waals surface area contributed by atoms with Crippen molar-refractivity contribution in [2.24, 2.45) is 0 Å². The molecule has 366 valence electrons. The molecule has 0 aromatic heterocycles. The fraction of sp³-hybridized carbons (Fsp3) is 0.472. The van der Waals surface area contributed by atoms with Gasteiger partial charge in [-0.25, -0.2) is 9.59 Å². The van der Waals surface area contributed by atoms with Crippen LogP contribution < -0.4 is 23.7 Å². The lowest BCUT2D eigenvalue weighted by Crippen LogP contribution is -2.53. The maximum Gasteiger partial charge on any atom is 0.384 e. The summed E-state index contributed by atoms with van der Waals surface area (Å²) >= 11 is 0. The fourth-order valence-corrected chi connectivity index (χ4v) is 10.2. The number of esters is 2. The predicted octanol–water partition coefficient (Wildman–Crippen LogP) is 4.84. The molecule has 0 radical (unpaired) electrons. The lowest BCUT2D eigenvalue weighted by molar-refractivity contribution is -0.941. The Morgan fingerprint density at radius 1 is 0.574 bits per heavy atom. The van der Waals surface area contributed by atoms with Gasteiger partial charge in [-0.15, -0.1) is 0 Å². The number of nitrogens with zero attached hydrogens (tertiary/aromatic N) is 2. The summed E-state index contributed by atoms with van der Waals surface area (Å²) < 4.78 is 40.6. The number of hydrogen-bond donors (Lipinski definition) is 4. The van der Waals surface area contributed by atoms with Crippen molar-refractivity contribution in [3.8, 4) is 40.6 Å². The minimum absolute atomic E-state index is 0.0370. The number of rotatable bonds is 21. The second-order valence-electron chi connectivity index (χ2n) is 18.0. The molecule has 4 N–H and O–H groups in total. The maximum absolute atomic E-state index is 12.8. The highest BCUT2D eigenvalue weighted by molar-refractivity contribution is 5.98. The first-order valence-electron chi connectivity index (χ1n) is 23.1. The van der Waals surface area contributed by atoms with Crippen molar-refractivity contribution in [3.05, 3.63) is 110 Å². The van der Waals surface area contributed by atoms with Gasteiger partial charge in [0.1, 0.15) is 17.8 Å². The van der Waals surface area contributed by atoms with E-state index in [9.17, 15) is 30.0 Å². The number of carbonyl (C=O) groups is 2. The number of likely N-dealkylation sites (N-methyl/N-ethyl adjacent to an activating group) is 2. The summed E-state index contributed by atoms with van der Waals surface area (Å²) in [6.45, 7) is 2.14. The predicted molar refractivity (Wildman–Crippen MR) is 253 cm³/mol. The van der Waals surface area contributed by atoms with Gasteiger partial charge in [0, 0.05) is 61.5 Å². The van der Waals surface area contributed by atoms with Crippen LogP contribution in [0.2, 0.25) is 0 Å². The third kappa shape index (κ3) is 11.5. The lowest BCUT2D eigenvalue weighted by atomic mass is 9.82. The first-order valence-corrected chi connectivity index (χ1v) is 23.1. The topological polar surface area (TPSA) is 180 Å². The Labute approximate surface area is 399 Å². The van der Waals surface area contributed by atoms with Gasteiger partial charge < -0.3 is 62.6 Å². The molecule has 6 rings (SSSR count). The zero-order valence-electron chi connectivity index (χ0n) is 40.5. The van der Waals surface area contributed by atoms with E-state index in [4.69, 9.17) is 33.2 Å². The van der Waals surface area contributed by atoms with Gasteiger partial charge in [0.2, 0.25) is 0 Å². The van der Waals surface area contributed by atoms with Crippen LogP contribution in [0.3, 0.4) is 0 Å². The molecule has 15 heteroatoms. The minimum Gasteiger partial charge on any atom is -0.496 e. The van der Waals surface area contributed by atoms with Gasteiger partial charge in [0.05, 0.1) is 121 Å². The van der Waals surface area contributed by atoms with E-state index in [0.29, 0.717) is 105 Å². The minimum atomic E-state index is -0.827.